The zero-order chi connectivity index (χ0) is 29.3. The van der Waals surface area contributed by atoms with Crippen molar-refractivity contribution < 1.29 is 28.7 Å². The molecule has 1 saturated heterocycles. The third-order valence-corrected chi connectivity index (χ3v) is 7.30. The number of nitrogens with one attached hydrogen (secondary N) is 1. The Balaban J connectivity index is 1.27. The van der Waals surface area contributed by atoms with Crippen molar-refractivity contribution in [3.05, 3.63) is 59.8 Å². The predicted octanol–water partition coefficient (Wildman–Crippen LogP) is 4.00. The molecule has 41 heavy (non-hydrogen) atoms. The van der Waals surface area contributed by atoms with Crippen LogP contribution in [0.1, 0.15) is 56.9 Å². The normalized spacial score (nSPS) is 20.8. The van der Waals surface area contributed by atoms with Crippen LogP contribution < -0.4 is 5.32 Å². The second-order valence-electron chi connectivity index (χ2n) is 11.5. The molecule has 11 nitrogen and oxygen atoms in total. The number of imidazole rings is 1. The number of carbonyl (C=O) groups is 2. The number of likely N-dealkylation sites (tertiary alicyclic amines) is 1. The number of hydrogen-bond acceptors (Lipinski definition) is 8. The molecule has 0 spiro atoms. The van der Waals surface area contributed by atoms with Crippen molar-refractivity contribution in [2.24, 2.45) is 17.8 Å². The van der Waals surface area contributed by atoms with Crippen molar-refractivity contribution >= 4 is 12.2 Å². The van der Waals surface area contributed by atoms with Gasteiger partial charge in [-0.1, -0.05) is 17.0 Å². The Morgan fingerprint density at radius 1 is 1.22 bits per heavy atom. The number of methoxy groups -OCH3 is 1. The van der Waals surface area contributed by atoms with Crippen LogP contribution in [0.2, 0.25) is 0 Å². The molecular weight excluding hydrogens is 526 g/mol. The number of hydrogen-bond donors (Lipinski definition) is 2. The average Bonchev–Trinajstić information content (AvgIpc) is 3.44. The monoisotopic (exact) mass is 561 g/mol. The minimum Gasteiger partial charge on any atom is -0.453 e. The van der Waals surface area contributed by atoms with E-state index in [1.165, 1.54) is 7.11 Å². The zero-order valence-corrected chi connectivity index (χ0v) is 23.8. The van der Waals surface area contributed by atoms with E-state index in [0.29, 0.717) is 48.1 Å². The second kappa shape index (κ2) is 11.3. The number of nitrogens with zero attached hydrogens (tertiary/aromatic N) is 4. The van der Waals surface area contributed by atoms with Gasteiger partial charge in [0.1, 0.15) is 23.2 Å². The summed E-state index contributed by atoms with van der Waals surface area (Å²) in [4.78, 5) is 30.1. The number of aliphatic hydroxyl groups is 1. The van der Waals surface area contributed by atoms with Crippen LogP contribution in [-0.4, -0.2) is 69.2 Å². The standard InChI is InChI=1S/C30H35N5O6/c1-18(36)27-31-12-13-35(27)25(15-32-28(37)40-30(2,3)4)24-14-26(41-33-24)20-9-6-19(7-10-20)8-11-21-22-16-34(17-23(21)22)29(38)39-5/h6-7,9-10,12-14,18,21-23,25,36H,15-17H2,1-5H3,(H,32,37)/t18-,21-,22-,23+,25+/m0/s1. The van der Waals surface area contributed by atoms with E-state index in [1.807, 2.05) is 30.3 Å². The first kappa shape index (κ1) is 28.2. The van der Waals surface area contributed by atoms with Crippen LogP contribution in [0.3, 0.4) is 0 Å². The number of benzene rings is 1. The summed E-state index contributed by atoms with van der Waals surface area (Å²) in [5.74, 6) is 8.78. The highest BCUT2D eigenvalue weighted by Gasteiger charge is 2.56. The fraction of sp³-hybridized carbons (Fsp3) is 0.467. The quantitative estimate of drug-likeness (QED) is 0.432. The fourth-order valence-electron chi connectivity index (χ4n) is 5.24. The zero-order valence-electron chi connectivity index (χ0n) is 23.8. The Labute approximate surface area is 238 Å². The number of alkyl carbamates (subject to hydrolysis) is 1. The smallest absolute Gasteiger partial charge is 0.409 e. The molecule has 3 heterocycles. The molecule has 2 aliphatic rings. The SMILES string of the molecule is COC(=O)N1C[C@@H]2[C@@H](C#Cc3ccc(-c4cc([C@@H](CNC(=O)OC(C)(C)C)n5ccnc5[C@H](C)O)no4)cc3)[C@@H]2C1. The maximum Gasteiger partial charge on any atom is 0.409 e. The van der Waals surface area contributed by atoms with Crippen molar-refractivity contribution in [1.82, 2.24) is 24.9 Å². The summed E-state index contributed by atoms with van der Waals surface area (Å²) in [6.45, 7) is 8.56. The van der Waals surface area contributed by atoms with E-state index >= 15 is 0 Å². The van der Waals surface area contributed by atoms with Gasteiger partial charge in [-0.05, 0) is 63.8 Å². The Kier molecular flexibility index (Phi) is 7.78. The Bertz CT molecular complexity index is 1450. The summed E-state index contributed by atoms with van der Waals surface area (Å²) in [5, 5.41) is 17.3. The molecule has 2 N–H and O–H groups in total. The Morgan fingerprint density at radius 3 is 2.56 bits per heavy atom. The van der Waals surface area contributed by atoms with Gasteiger partial charge < -0.3 is 33.9 Å². The van der Waals surface area contributed by atoms with Crippen molar-refractivity contribution in [2.75, 3.05) is 26.7 Å². The Hall–Kier alpha value is -4.30. The van der Waals surface area contributed by atoms with Crippen LogP contribution >= 0.6 is 0 Å². The third kappa shape index (κ3) is 6.38. The number of fused-ring (bicyclic) bond motifs is 1. The maximum absolute atomic E-state index is 12.4. The van der Waals surface area contributed by atoms with Crippen molar-refractivity contribution in [2.45, 2.75) is 45.4 Å². The molecule has 11 heteroatoms. The maximum atomic E-state index is 12.4. The lowest BCUT2D eigenvalue weighted by molar-refractivity contribution is 0.0521. The van der Waals surface area contributed by atoms with Gasteiger partial charge in [-0.15, -0.1) is 0 Å². The van der Waals surface area contributed by atoms with Gasteiger partial charge in [0.05, 0.1) is 13.2 Å². The predicted molar refractivity (Wildman–Crippen MR) is 149 cm³/mol. The summed E-state index contributed by atoms with van der Waals surface area (Å²) in [6, 6.07) is 9.04. The summed E-state index contributed by atoms with van der Waals surface area (Å²) < 4.78 is 17.6. The topological polar surface area (TPSA) is 132 Å². The van der Waals surface area contributed by atoms with E-state index in [1.54, 1.807) is 49.6 Å². The highest BCUT2D eigenvalue weighted by atomic mass is 16.6. The number of aromatic nitrogens is 3. The summed E-state index contributed by atoms with van der Waals surface area (Å²) in [6.07, 6.45) is 1.67. The lowest BCUT2D eigenvalue weighted by Gasteiger charge is -2.23. The van der Waals surface area contributed by atoms with Gasteiger partial charge in [0.25, 0.3) is 0 Å². The fourth-order valence-corrected chi connectivity index (χ4v) is 5.24. The van der Waals surface area contributed by atoms with Gasteiger partial charge in [0, 0.05) is 55.1 Å². The van der Waals surface area contributed by atoms with Crippen LogP contribution in [0.4, 0.5) is 9.59 Å². The van der Waals surface area contributed by atoms with Gasteiger partial charge in [-0.25, -0.2) is 14.6 Å². The van der Waals surface area contributed by atoms with Crippen LogP contribution in [0.15, 0.2) is 47.2 Å². The molecule has 2 fully saturated rings. The number of aliphatic hydroxyl groups excluding tert-OH is 1. The van der Waals surface area contributed by atoms with Gasteiger partial charge in [-0.2, -0.15) is 0 Å². The van der Waals surface area contributed by atoms with Crippen LogP contribution in [-0.2, 0) is 9.47 Å². The first-order valence-electron chi connectivity index (χ1n) is 13.6. The molecule has 2 amide bonds. The van der Waals surface area contributed by atoms with Crippen LogP contribution in [0.5, 0.6) is 0 Å². The first-order chi connectivity index (χ1) is 19.5. The molecular formula is C30H35N5O6. The molecule has 0 bridgehead atoms. The van der Waals surface area contributed by atoms with Gasteiger partial charge >= 0.3 is 12.2 Å². The molecule has 216 valence electrons. The molecule has 1 aliphatic carbocycles. The molecule has 3 aromatic rings. The van der Waals surface area contributed by atoms with Crippen molar-refractivity contribution in [3.63, 3.8) is 0 Å². The van der Waals surface area contributed by atoms with Gasteiger partial charge in [-0.3, -0.25) is 0 Å². The largest absolute Gasteiger partial charge is 0.453 e. The first-order valence-corrected chi connectivity index (χ1v) is 13.6. The van der Waals surface area contributed by atoms with E-state index < -0.39 is 23.8 Å². The summed E-state index contributed by atoms with van der Waals surface area (Å²) in [7, 11) is 1.41. The highest BCUT2D eigenvalue weighted by molar-refractivity contribution is 5.68. The van der Waals surface area contributed by atoms with Crippen molar-refractivity contribution in [3.8, 4) is 23.2 Å². The van der Waals surface area contributed by atoms with Gasteiger partial charge in [0.2, 0.25) is 0 Å². The van der Waals surface area contributed by atoms with E-state index in [4.69, 9.17) is 14.0 Å². The molecule has 1 aliphatic heterocycles. The summed E-state index contributed by atoms with van der Waals surface area (Å²) >= 11 is 0. The third-order valence-electron chi connectivity index (χ3n) is 7.30. The number of rotatable bonds is 6. The van der Waals surface area contributed by atoms with E-state index in [9.17, 15) is 14.7 Å². The highest BCUT2D eigenvalue weighted by Crippen LogP contribution is 2.51. The number of piperidine rings is 1. The minimum atomic E-state index is -0.823. The average molecular weight is 562 g/mol. The Morgan fingerprint density at radius 2 is 1.93 bits per heavy atom. The van der Waals surface area contributed by atoms with E-state index in [-0.39, 0.29) is 12.6 Å². The number of amides is 2. The van der Waals surface area contributed by atoms with E-state index in [2.05, 4.69) is 27.3 Å². The molecule has 0 radical (unpaired) electrons. The summed E-state index contributed by atoms with van der Waals surface area (Å²) in [5.41, 5.74) is 1.63. The molecule has 5 rings (SSSR count). The molecule has 1 saturated carbocycles. The second-order valence-corrected chi connectivity index (χ2v) is 11.5. The molecule has 5 atom stereocenters. The lowest BCUT2D eigenvalue weighted by Crippen LogP contribution is -2.36. The van der Waals surface area contributed by atoms with Crippen LogP contribution in [0.25, 0.3) is 11.3 Å². The molecule has 1 aromatic carbocycles. The number of ether oxygens (including phenoxy) is 2. The molecule has 0 unspecified atom stereocenters. The van der Waals surface area contributed by atoms with Crippen LogP contribution in [0, 0.1) is 29.6 Å². The van der Waals surface area contributed by atoms with E-state index in [0.717, 1.165) is 11.1 Å². The number of carbonyl (C=O) groups excluding carboxylic acids is 2. The van der Waals surface area contributed by atoms with Gasteiger partial charge in [0.15, 0.2) is 5.76 Å². The lowest BCUT2D eigenvalue weighted by atomic mass is 10.1. The van der Waals surface area contributed by atoms with Crippen molar-refractivity contribution in [1.29, 1.82) is 0 Å². The molecule has 2 aromatic heterocycles. The minimum absolute atomic E-state index is 0.145.